The summed E-state index contributed by atoms with van der Waals surface area (Å²) in [4.78, 5) is 16.4. The van der Waals surface area contributed by atoms with Gasteiger partial charge >= 0.3 is 0 Å². The number of hydrogen-bond acceptors (Lipinski definition) is 4. The van der Waals surface area contributed by atoms with Crippen LogP contribution in [0.3, 0.4) is 0 Å². The Morgan fingerprint density at radius 2 is 1.96 bits per heavy atom. The highest BCUT2D eigenvalue weighted by atomic mass is 32.1. The minimum atomic E-state index is 0.0321. The van der Waals surface area contributed by atoms with Crippen molar-refractivity contribution in [2.75, 3.05) is 20.2 Å². The number of amides is 1. The molecule has 5 heteroatoms. The van der Waals surface area contributed by atoms with Crippen LogP contribution in [0.25, 0.3) is 10.1 Å². The molecule has 3 aliphatic heterocycles. The van der Waals surface area contributed by atoms with Gasteiger partial charge in [0.1, 0.15) is 5.75 Å². The van der Waals surface area contributed by atoms with Crippen LogP contribution in [-0.2, 0) is 0 Å². The van der Waals surface area contributed by atoms with Gasteiger partial charge in [-0.1, -0.05) is 12.1 Å². The molecule has 144 valence electrons. The van der Waals surface area contributed by atoms with E-state index in [4.69, 9.17) is 4.74 Å². The summed E-state index contributed by atoms with van der Waals surface area (Å²) < 4.78 is 6.86. The summed E-state index contributed by atoms with van der Waals surface area (Å²) in [5, 5.41) is 4.50. The van der Waals surface area contributed by atoms with Crippen molar-refractivity contribution < 1.29 is 9.53 Å². The number of fused-ring (bicyclic) bond motifs is 4. The standard InChI is InChI=1S/C22H28N2O2S/c1-22(2)20(14-8-10-24(22)11-9-14)23-21(25)17-12-15-6-7-16(13-4-5-13)18(26-3)19(15)27-17/h6-7,12-14,20H,4-5,8-11H2,1-3H3,(H,23,25). The first-order chi connectivity index (χ1) is 13.0. The van der Waals surface area contributed by atoms with E-state index in [1.54, 1.807) is 18.4 Å². The molecule has 1 N–H and O–H groups in total. The lowest BCUT2D eigenvalue weighted by Crippen LogP contribution is -2.69. The molecule has 3 saturated heterocycles. The maximum atomic E-state index is 13.1. The largest absolute Gasteiger partial charge is 0.495 e. The zero-order valence-corrected chi connectivity index (χ0v) is 17.2. The lowest BCUT2D eigenvalue weighted by molar-refractivity contribution is -0.0377. The van der Waals surface area contributed by atoms with E-state index in [2.05, 4.69) is 36.2 Å². The Bertz CT molecular complexity index is 891. The second-order valence-electron chi connectivity index (χ2n) is 8.92. The quantitative estimate of drug-likeness (QED) is 0.850. The summed E-state index contributed by atoms with van der Waals surface area (Å²) in [6.07, 6.45) is 4.88. The van der Waals surface area contributed by atoms with E-state index >= 15 is 0 Å². The fourth-order valence-electron chi connectivity index (χ4n) is 5.22. The molecule has 4 fully saturated rings. The van der Waals surface area contributed by atoms with E-state index < -0.39 is 0 Å². The van der Waals surface area contributed by atoms with E-state index in [9.17, 15) is 4.79 Å². The molecule has 6 rings (SSSR count). The molecule has 27 heavy (non-hydrogen) atoms. The van der Waals surface area contributed by atoms with E-state index in [0.717, 1.165) is 33.8 Å². The molecule has 4 heterocycles. The molecular formula is C22H28N2O2S. The number of nitrogens with one attached hydrogen (secondary N) is 1. The van der Waals surface area contributed by atoms with Gasteiger partial charge < -0.3 is 10.1 Å². The Labute approximate surface area is 164 Å². The summed E-state index contributed by atoms with van der Waals surface area (Å²) in [5.74, 6) is 2.27. The normalized spacial score (nSPS) is 29.1. The van der Waals surface area contributed by atoms with Crippen LogP contribution in [0.2, 0.25) is 0 Å². The van der Waals surface area contributed by atoms with Crippen molar-refractivity contribution in [3.8, 4) is 5.75 Å². The molecule has 1 amide bonds. The van der Waals surface area contributed by atoms with Crippen molar-refractivity contribution in [2.24, 2.45) is 5.92 Å². The predicted molar refractivity (Wildman–Crippen MR) is 110 cm³/mol. The number of carbonyl (C=O) groups is 1. The molecule has 4 nitrogen and oxygen atoms in total. The highest BCUT2D eigenvalue weighted by Gasteiger charge is 2.48. The van der Waals surface area contributed by atoms with Gasteiger partial charge in [-0.05, 0) is 81.5 Å². The summed E-state index contributed by atoms with van der Waals surface area (Å²) in [6.45, 7) is 6.88. The van der Waals surface area contributed by atoms with Crippen molar-refractivity contribution in [1.82, 2.24) is 10.2 Å². The van der Waals surface area contributed by atoms with Crippen molar-refractivity contribution in [1.29, 1.82) is 0 Å². The van der Waals surface area contributed by atoms with Crippen molar-refractivity contribution in [3.63, 3.8) is 0 Å². The van der Waals surface area contributed by atoms with Crippen LogP contribution in [0, 0.1) is 5.92 Å². The number of nitrogens with zero attached hydrogens (tertiary/aromatic N) is 1. The molecule has 1 aromatic heterocycles. The van der Waals surface area contributed by atoms with Crippen molar-refractivity contribution in [2.45, 2.75) is 57.0 Å². The number of carbonyl (C=O) groups excluding carboxylic acids is 1. The number of thiophene rings is 1. The Morgan fingerprint density at radius 3 is 2.59 bits per heavy atom. The Kier molecular flexibility index (Phi) is 4.03. The molecular weight excluding hydrogens is 356 g/mol. The van der Waals surface area contributed by atoms with Gasteiger partial charge in [-0.3, -0.25) is 9.69 Å². The predicted octanol–water partition coefficient (Wildman–Crippen LogP) is 4.39. The molecule has 0 spiro atoms. The molecule has 2 aromatic rings. The number of methoxy groups -OCH3 is 1. The monoisotopic (exact) mass is 384 g/mol. The van der Waals surface area contributed by atoms with Crippen molar-refractivity contribution >= 4 is 27.3 Å². The van der Waals surface area contributed by atoms with Crippen LogP contribution < -0.4 is 10.1 Å². The van der Waals surface area contributed by atoms with Crippen LogP contribution in [0.5, 0.6) is 5.75 Å². The van der Waals surface area contributed by atoms with Gasteiger partial charge in [0.05, 0.1) is 16.7 Å². The summed E-state index contributed by atoms with van der Waals surface area (Å²) in [6, 6.07) is 6.59. The third-order valence-corrected chi connectivity index (χ3v) is 8.14. The highest BCUT2D eigenvalue weighted by Crippen LogP contribution is 2.48. The molecule has 1 atom stereocenters. The van der Waals surface area contributed by atoms with Gasteiger partial charge in [0.15, 0.2) is 0 Å². The SMILES string of the molecule is COc1c(C2CC2)ccc2cc(C(=O)NC3C4CCN(CC4)C3(C)C)sc12. The number of ether oxygens (including phenoxy) is 1. The Morgan fingerprint density at radius 1 is 1.22 bits per heavy atom. The zero-order chi connectivity index (χ0) is 18.8. The molecule has 2 bridgehead atoms. The third kappa shape index (κ3) is 2.78. The lowest BCUT2D eigenvalue weighted by Gasteiger charge is -2.56. The first kappa shape index (κ1) is 17.5. The minimum Gasteiger partial charge on any atom is -0.495 e. The smallest absolute Gasteiger partial charge is 0.261 e. The second kappa shape index (κ2) is 6.21. The number of benzene rings is 1. The van der Waals surface area contributed by atoms with Crippen LogP contribution in [0.4, 0.5) is 0 Å². The molecule has 0 radical (unpaired) electrons. The summed E-state index contributed by atoms with van der Waals surface area (Å²) in [5.41, 5.74) is 1.34. The average molecular weight is 385 g/mol. The van der Waals surface area contributed by atoms with Gasteiger partial charge in [-0.2, -0.15) is 0 Å². The van der Waals surface area contributed by atoms with Crippen LogP contribution in [0.1, 0.15) is 60.7 Å². The molecule has 1 unspecified atom stereocenters. The maximum absolute atomic E-state index is 13.1. The van der Waals surface area contributed by atoms with Gasteiger partial charge in [-0.15, -0.1) is 11.3 Å². The molecule has 1 aliphatic carbocycles. The maximum Gasteiger partial charge on any atom is 0.261 e. The Hall–Kier alpha value is -1.59. The minimum absolute atomic E-state index is 0.0321. The summed E-state index contributed by atoms with van der Waals surface area (Å²) >= 11 is 1.57. The average Bonchev–Trinajstić information content (AvgIpc) is 3.41. The molecule has 1 saturated carbocycles. The second-order valence-corrected chi connectivity index (χ2v) is 9.97. The molecule has 4 aliphatic rings. The number of hydrogen-bond donors (Lipinski definition) is 1. The van der Waals surface area contributed by atoms with E-state index in [-0.39, 0.29) is 17.5 Å². The third-order valence-electron chi connectivity index (χ3n) is 6.99. The van der Waals surface area contributed by atoms with Crippen LogP contribution >= 0.6 is 11.3 Å². The van der Waals surface area contributed by atoms with E-state index in [1.807, 2.05) is 6.07 Å². The Balaban J connectivity index is 1.44. The lowest BCUT2D eigenvalue weighted by atomic mass is 9.72. The fraction of sp³-hybridized carbons (Fsp3) is 0.591. The van der Waals surface area contributed by atoms with E-state index in [0.29, 0.717) is 11.8 Å². The van der Waals surface area contributed by atoms with Crippen LogP contribution in [-0.4, -0.2) is 42.6 Å². The van der Waals surface area contributed by atoms with Crippen molar-refractivity contribution in [3.05, 3.63) is 28.6 Å². The number of piperidine rings is 3. The highest BCUT2D eigenvalue weighted by molar-refractivity contribution is 7.21. The zero-order valence-electron chi connectivity index (χ0n) is 16.4. The summed E-state index contributed by atoms with van der Waals surface area (Å²) in [7, 11) is 1.75. The van der Waals surface area contributed by atoms with Gasteiger partial charge in [0, 0.05) is 11.6 Å². The van der Waals surface area contributed by atoms with E-state index in [1.165, 1.54) is 31.2 Å². The number of rotatable bonds is 4. The van der Waals surface area contributed by atoms with Gasteiger partial charge in [-0.25, -0.2) is 0 Å². The van der Waals surface area contributed by atoms with Gasteiger partial charge in [0.25, 0.3) is 5.91 Å². The fourth-order valence-corrected chi connectivity index (χ4v) is 6.32. The first-order valence-corrected chi connectivity index (χ1v) is 11.0. The van der Waals surface area contributed by atoms with Crippen LogP contribution in [0.15, 0.2) is 18.2 Å². The topological polar surface area (TPSA) is 41.6 Å². The first-order valence-electron chi connectivity index (χ1n) is 10.2. The molecule has 1 aromatic carbocycles. The van der Waals surface area contributed by atoms with Gasteiger partial charge in [0.2, 0.25) is 0 Å².